The Morgan fingerprint density at radius 1 is 1.21 bits per heavy atom. The molecule has 0 fully saturated rings. The van der Waals surface area contributed by atoms with Gasteiger partial charge in [-0.05, 0) is 22.1 Å². The predicted molar refractivity (Wildman–Crippen MR) is 116 cm³/mol. The van der Waals surface area contributed by atoms with Crippen LogP contribution in [-0.4, -0.2) is 31.5 Å². The highest BCUT2D eigenvalue weighted by Crippen LogP contribution is 2.43. The first-order valence-corrected chi connectivity index (χ1v) is 10.2. The molecule has 0 aliphatic carbocycles. The zero-order valence-corrected chi connectivity index (χ0v) is 17.7. The Morgan fingerprint density at radius 2 is 1.91 bits per heavy atom. The highest BCUT2D eigenvalue weighted by molar-refractivity contribution is 7.21. The second-order valence-corrected chi connectivity index (χ2v) is 7.95. The standard InChI is InChI=1S/C20H13F3N6O4S/c21-20(22,23)12-8-11(10-4-2-1-3-5-10)15-16(17(18(24)31)34-19(15)25-12)26-14(30)9-28-7-6-13(27-28)29(32)33/h1-8H,9H2,(H2,24,31)(H,26,30). The SMILES string of the molecule is NC(=O)c1sc2nc(C(F)(F)F)cc(-c3ccccc3)c2c1NC(=O)Cn1ccc([N+](=O)[O-])n1. The summed E-state index contributed by atoms with van der Waals surface area (Å²) in [6, 6.07) is 10.0. The van der Waals surface area contributed by atoms with Gasteiger partial charge in [0.1, 0.15) is 21.9 Å². The maximum atomic E-state index is 13.5. The number of amides is 2. The molecule has 0 bridgehead atoms. The summed E-state index contributed by atoms with van der Waals surface area (Å²) in [7, 11) is 0. The second-order valence-electron chi connectivity index (χ2n) is 6.95. The number of benzene rings is 1. The highest BCUT2D eigenvalue weighted by Gasteiger charge is 2.35. The molecule has 0 atom stereocenters. The average molecular weight is 490 g/mol. The predicted octanol–water partition coefficient (Wildman–Crippen LogP) is 3.82. The number of pyridine rings is 1. The number of fused-ring (bicyclic) bond motifs is 1. The molecule has 0 radical (unpaired) electrons. The van der Waals surface area contributed by atoms with E-state index in [0.717, 1.165) is 16.8 Å². The lowest BCUT2D eigenvalue weighted by molar-refractivity contribution is -0.389. The molecule has 34 heavy (non-hydrogen) atoms. The van der Waals surface area contributed by atoms with Crippen molar-refractivity contribution in [2.24, 2.45) is 5.73 Å². The highest BCUT2D eigenvalue weighted by atomic mass is 32.1. The van der Waals surface area contributed by atoms with Gasteiger partial charge in [-0.3, -0.25) is 9.59 Å². The van der Waals surface area contributed by atoms with Crippen molar-refractivity contribution in [3.63, 3.8) is 0 Å². The van der Waals surface area contributed by atoms with Gasteiger partial charge in [0.15, 0.2) is 0 Å². The van der Waals surface area contributed by atoms with E-state index in [-0.39, 0.29) is 26.3 Å². The number of thiophene rings is 1. The van der Waals surface area contributed by atoms with Crippen LogP contribution in [0.3, 0.4) is 0 Å². The van der Waals surface area contributed by atoms with E-state index in [9.17, 15) is 32.9 Å². The molecule has 3 N–H and O–H groups in total. The minimum Gasteiger partial charge on any atom is -0.365 e. The molecule has 3 aromatic heterocycles. The van der Waals surface area contributed by atoms with Crippen molar-refractivity contribution in [1.29, 1.82) is 0 Å². The number of nitrogens with one attached hydrogen (secondary N) is 1. The number of hydrogen-bond acceptors (Lipinski definition) is 7. The number of hydrogen-bond donors (Lipinski definition) is 2. The van der Waals surface area contributed by atoms with Gasteiger partial charge in [-0.2, -0.15) is 17.9 Å². The first kappa shape index (κ1) is 22.8. The number of alkyl halides is 3. The topological polar surface area (TPSA) is 146 Å². The maximum absolute atomic E-state index is 13.5. The molecule has 1 aromatic carbocycles. The van der Waals surface area contributed by atoms with Crippen LogP contribution >= 0.6 is 11.3 Å². The van der Waals surface area contributed by atoms with Crippen LogP contribution in [0, 0.1) is 10.1 Å². The lowest BCUT2D eigenvalue weighted by atomic mass is 10.0. The Balaban J connectivity index is 1.84. The molecule has 4 rings (SSSR count). The van der Waals surface area contributed by atoms with Crippen molar-refractivity contribution >= 4 is 44.9 Å². The van der Waals surface area contributed by atoms with Crippen LogP contribution in [0.1, 0.15) is 15.4 Å². The number of anilines is 1. The number of nitrogens with two attached hydrogens (primary N) is 1. The first-order chi connectivity index (χ1) is 16.0. The van der Waals surface area contributed by atoms with Crippen LogP contribution in [-0.2, 0) is 17.5 Å². The van der Waals surface area contributed by atoms with Gasteiger partial charge < -0.3 is 21.2 Å². The minimum atomic E-state index is -4.76. The van der Waals surface area contributed by atoms with Gasteiger partial charge in [0, 0.05) is 5.39 Å². The Hall–Kier alpha value is -4.33. The number of carbonyl (C=O) groups is 2. The first-order valence-electron chi connectivity index (χ1n) is 9.42. The third kappa shape index (κ3) is 4.43. The molecule has 0 saturated carbocycles. The molecule has 2 amide bonds. The summed E-state index contributed by atoms with van der Waals surface area (Å²) in [6.45, 7) is -0.460. The van der Waals surface area contributed by atoms with Crippen molar-refractivity contribution in [2.75, 3.05) is 5.32 Å². The van der Waals surface area contributed by atoms with E-state index in [1.807, 2.05) is 0 Å². The summed E-state index contributed by atoms with van der Waals surface area (Å²) in [5, 5.41) is 17.0. The summed E-state index contributed by atoms with van der Waals surface area (Å²) in [5.41, 5.74) is 4.65. The fourth-order valence-corrected chi connectivity index (χ4v) is 4.25. The third-order valence-electron chi connectivity index (χ3n) is 4.64. The summed E-state index contributed by atoms with van der Waals surface area (Å²) in [6.07, 6.45) is -3.54. The van der Waals surface area contributed by atoms with Crippen LogP contribution in [0.2, 0.25) is 0 Å². The minimum absolute atomic E-state index is 0.0895. The molecule has 14 heteroatoms. The van der Waals surface area contributed by atoms with Crippen LogP contribution in [0.5, 0.6) is 0 Å². The fraction of sp³-hybridized carbons (Fsp3) is 0.100. The van der Waals surface area contributed by atoms with Crippen LogP contribution < -0.4 is 11.1 Å². The second kappa shape index (κ2) is 8.55. The van der Waals surface area contributed by atoms with Gasteiger partial charge in [0.25, 0.3) is 5.91 Å². The van der Waals surface area contributed by atoms with Gasteiger partial charge in [0.05, 0.1) is 23.0 Å². The Labute approximate surface area is 192 Å². The largest absolute Gasteiger partial charge is 0.433 e. The van der Waals surface area contributed by atoms with Gasteiger partial charge in [-0.1, -0.05) is 30.3 Å². The summed E-state index contributed by atoms with van der Waals surface area (Å²) in [4.78, 5) is 38.1. The van der Waals surface area contributed by atoms with Gasteiger partial charge in [-0.25, -0.2) is 4.98 Å². The molecular weight excluding hydrogens is 477 g/mol. The Bertz CT molecular complexity index is 1430. The van der Waals surface area contributed by atoms with Crippen molar-refractivity contribution in [3.8, 4) is 11.1 Å². The number of rotatable bonds is 6. The van der Waals surface area contributed by atoms with E-state index >= 15 is 0 Å². The zero-order chi connectivity index (χ0) is 24.6. The van der Waals surface area contributed by atoms with Crippen molar-refractivity contribution in [3.05, 3.63) is 69.3 Å². The number of primary amides is 1. The molecule has 174 valence electrons. The van der Waals surface area contributed by atoms with E-state index in [1.54, 1.807) is 30.3 Å². The molecule has 4 aromatic rings. The molecule has 0 aliphatic heterocycles. The average Bonchev–Trinajstić information content (AvgIpc) is 3.38. The molecular formula is C20H13F3N6O4S. The van der Waals surface area contributed by atoms with Crippen molar-refractivity contribution < 1.29 is 27.7 Å². The van der Waals surface area contributed by atoms with Crippen LogP contribution in [0.4, 0.5) is 24.7 Å². The van der Waals surface area contributed by atoms with E-state index < -0.39 is 41.0 Å². The third-order valence-corrected chi connectivity index (χ3v) is 5.74. The fourth-order valence-electron chi connectivity index (χ4n) is 3.24. The van der Waals surface area contributed by atoms with Gasteiger partial charge >= 0.3 is 12.0 Å². The molecule has 0 aliphatic rings. The smallest absolute Gasteiger partial charge is 0.365 e. The molecule has 0 saturated heterocycles. The van der Waals surface area contributed by atoms with Crippen LogP contribution in [0.25, 0.3) is 21.3 Å². The normalized spacial score (nSPS) is 11.5. The molecule has 3 heterocycles. The molecule has 0 unspecified atom stereocenters. The lowest BCUT2D eigenvalue weighted by Crippen LogP contribution is -2.21. The summed E-state index contributed by atoms with van der Waals surface area (Å²) < 4.78 is 41.5. The number of aromatic nitrogens is 3. The number of nitro groups is 1. The number of carbonyl (C=O) groups excluding carboxylic acids is 2. The van der Waals surface area contributed by atoms with Crippen molar-refractivity contribution in [2.45, 2.75) is 12.7 Å². The van der Waals surface area contributed by atoms with Crippen molar-refractivity contribution in [1.82, 2.24) is 14.8 Å². The number of nitrogens with zero attached hydrogens (tertiary/aromatic N) is 4. The van der Waals surface area contributed by atoms with E-state index in [1.165, 1.54) is 6.20 Å². The summed E-state index contributed by atoms with van der Waals surface area (Å²) in [5.74, 6) is -2.18. The summed E-state index contributed by atoms with van der Waals surface area (Å²) >= 11 is 0.615. The van der Waals surface area contributed by atoms with E-state index in [0.29, 0.717) is 16.9 Å². The molecule has 0 spiro atoms. The van der Waals surface area contributed by atoms with Gasteiger partial charge in [0.2, 0.25) is 5.91 Å². The molecule has 10 nitrogen and oxygen atoms in total. The lowest BCUT2D eigenvalue weighted by Gasteiger charge is -2.12. The maximum Gasteiger partial charge on any atom is 0.433 e. The van der Waals surface area contributed by atoms with Crippen LogP contribution in [0.15, 0.2) is 48.7 Å². The van der Waals surface area contributed by atoms with E-state index in [4.69, 9.17) is 5.73 Å². The number of halogens is 3. The van der Waals surface area contributed by atoms with Gasteiger partial charge in [-0.15, -0.1) is 11.3 Å². The Kier molecular flexibility index (Phi) is 5.75. The zero-order valence-electron chi connectivity index (χ0n) is 16.9. The quantitative estimate of drug-likeness (QED) is 0.310. The Morgan fingerprint density at radius 3 is 2.50 bits per heavy atom. The monoisotopic (exact) mass is 490 g/mol. The van der Waals surface area contributed by atoms with E-state index in [2.05, 4.69) is 15.4 Å².